The van der Waals surface area contributed by atoms with E-state index in [0.717, 1.165) is 12.1 Å². The fraction of sp³-hybridized carbons (Fsp3) is 0.300. The number of rotatable bonds is 2. The summed E-state index contributed by atoms with van der Waals surface area (Å²) in [5, 5.41) is 12.6. The van der Waals surface area contributed by atoms with Crippen LogP contribution < -0.4 is 11.1 Å². The van der Waals surface area contributed by atoms with Crippen molar-refractivity contribution in [3.8, 4) is 6.07 Å². The summed E-state index contributed by atoms with van der Waals surface area (Å²) in [7, 11) is 0. The maximum Gasteiger partial charge on any atom is 0.103 e. The molecule has 1 saturated carbocycles. The summed E-state index contributed by atoms with van der Waals surface area (Å²) < 4.78 is 0. The average molecular weight is 208 g/mol. The van der Waals surface area contributed by atoms with Crippen LogP contribution >= 0.6 is 11.6 Å². The van der Waals surface area contributed by atoms with Gasteiger partial charge >= 0.3 is 0 Å². The van der Waals surface area contributed by atoms with Crippen molar-refractivity contribution in [2.24, 2.45) is 5.73 Å². The van der Waals surface area contributed by atoms with E-state index in [0.29, 0.717) is 16.6 Å². The molecule has 2 unspecified atom stereocenters. The van der Waals surface area contributed by atoms with E-state index in [2.05, 4.69) is 11.4 Å². The lowest BCUT2D eigenvalue weighted by Gasteiger charge is -2.07. The summed E-state index contributed by atoms with van der Waals surface area (Å²) in [4.78, 5) is 0. The van der Waals surface area contributed by atoms with E-state index in [1.54, 1.807) is 6.07 Å². The Bertz CT molecular complexity index is 397. The number of benzene rings is 1. The first-order valence-corrected chi connectivity index (χ1v) is 4.81. The van der Waals surface area contributed by atoms with Crippen molar-refractivity contribution in [2.75, 3.05) is 5.32 Å². The second-order valence-corrected chi connectivity index (χ2v) is 3.83. The monoisotopic (exact) mass is 207 g/mol. The van der Waals surface area contributed by atoms with Gasteiger partial charge in [-0.15, -0.1) is 0 Å². The SMILES string of the molecule is N#Cc1c(Cl)cccc1NC1CC1N. The number of anilines is 1. The third-order valence-electron chi connectivity index (χ3n) is 2.31. The first kappa shape index (κ1) is 9.32. The lowest BCUT2D eigenvalue weighted by molar-refractivity contribution is 1.01. The normalized spacial score (nSPS) is 24.1. The number of nitrogens with zero attached hydrogens (tertiary/aromatic N) is 1. The second-order valence-electron chi connectivity index (χ2n) is 3.42. The Morgan fingerprint density at radius 3 is 2.86 bits per heavy atom. The highest BCUT2D eigenvalue weighted by Gasteiger charge is 2.33. The minimum Gasteiger partial charge on any atom is -0.380 e. The van der Waals surface area contributed by atoms with Crippen LogP contribution in [-0.4, -0.2) is 12.1 Å². The molecule has 4 heteroatoms. The Morgan fingerprint density at radius 1 is 1.57 bits per heavy atom. The van der Waals surface area contributed by atoms with Crippen LogP contribution in [0, 0.1) is 11.3 Å². The Labute approximate surface area is 87.5 Å². The lowest BCUT2D eigenvalue weighted by Crippen LogP contribution is -2.13. The molecule has 1 aromatic rings. The van der Waals surface area contributed by atoms with Crippen LogP contribution in [-0.2, 0) is 0 Å². The maximum absolute atomic E-state index is 8.89. The Morgan fingerprint density at radius 2 is 2.29 bits per heavy atom. The van der Waals surface area contributed by atoms with Crippen molar-refractivity contribution in [3.63, 3.8) is 0 Å². The molecule has 2 atom stereocenters. The highest BCUT2D eigenvalue weighted by molar-refractivity contribution is 6.32. The summed E-state index contributed by atoms with van der Waals surface area (Å²) in [6.07, 6.45) is 0.956. The van der Waals surface area contributed by atoms with E-state index >= 15 is 0 Å². The van der Waals surface area contributed by atoms with Crippen LogP contribution in [0.3, 0.4) is 0 Å². The van der Waals surface area contributed by atoms with E-state index in [9.17, 15) is 0 Å². The van der Waals surface area contributed by atoms with Crippen LogP contribution in [0.25, 0.3) is 0 Å². The molecule has 0 amide bonds. The first-order chi connectivity index (χ1) is 6.72. The van der Waals surface area contributed by atoms with Crippen molar-refractivity contribution in [3.05, 3.63) is 28.8 Å². The third kappa shape index (κ3) is 1.67. The number of halogens is 1. The van der Waals surface area contributed by atoms with Crippen LogP contribution in [0.1, 0.15) is 12.0 Å². The summed E-state index contributed by atoms with van der Waals surface area (Å²) in [5.41, 5.74) is 6.94. The van der Waals surface area contributed by atoms with Gasteiger partial charge in [0.25, 0.3) is 0 Å². The predicted octanol–water partition coefficient (Wildman–Crippen LogP) is 1.72. The molecule has 0 spiro atoms. The summed E-state index contributed by atoms with van der Waals surface area (Å²) in [5.74, 6) is 0. The molecule has 0 aromatic heterocycles. The molecular weight excluding hydrogens is 198 g/mol. The van der Waals surface area contributed by atoms with E-state index in [4.69, 9.17) is 22.6 Å². The molecular formula is C10H10ClN3. The molecule has 72 valence electrons. The highest BCUT2D eigenvalue weighted by Crippen LogP contribution is 2.28. The number of nitriles is 1. The smallest absolute Gasteiger partial charge is 0.103 e. The molecule has 0 bridgehead atoms. The summed E-state index contributed by atoms with van der Waals surface area (Å²) in [6, 6.07) is 7.95. The van der Waals surface area contributed by atoms with Crippen LogP contribution in [0.5, 0.6) is 0 Å². The van der Waals surface area contributed by atoms with E-state index in [1.165, 1.54) is 0 Å². The molecule has 14 heavy (non-hydrogen) atoms. The molecule has 0 radical (unpaired) electrons. The quantitative estimate of drug-likeness (QED) is 0.777. The lowest BCUT2D eigenvalue weighted by atomic mass is 10.2. The molecule has 0 aliphatic heterocycles. The molecule has 0 saturated heterocycles. The Balaban J connectivity index is 2.24. The van der Waals surface area contributed by atoms with Gasteiger partial charge in [-0.3, -0.25) is 0 Å². The van der Waals surface area contributed by atoms with Gasteiger partial charge in [0.15, 0.2) is 0 Å². The van der Waals surface area contributed by atoms with Gasteiger partial charge < -0.3 is 11.1 Å². The van der Waals surface area contributed by atoms with Gasteiger partial charge in [-0.2, -0.15) is 5.26 Å². The first-order valence-electron chi connectivity index (χ1n) is 4.43. The van der Waals surface area contributed by atoms with Crippen molar-refractivity contribution in [1.82, 2.24) is 0 Å². The zero-order valence-corrected chi connectivity index (χ0v) is 8.25. The van der Waals surface area contributed by atoms with Gasteiger partial charge in [0.05, 0.1) is 16.3 Å². The van der Waals surface area contributed by atoms with Gasteiger partial charge in [0.1, 0.15) is 6.07 Å². The van der Waals surface area contributed by atoms with Crippen LogP contribution in [0.15, 0.2) is 18.2 Å². The highest BCUT2D eigenvalue weighted by atomic mass is 35.5. The largest absolute Gasteiger partial charge is 0.380 e. The number of nitrogens with one attached hydrogen (secondary N) is 1. The fourth-order valence-corrected chi connectivity index (χ4v) is 1.56. The molecule has 3 N–H and O–H groups in total. The molecule has 1 aromatic carbocycles. The second kappa shape index (κ2) is 3.49. The maximum atomic E-state index is 8.89. The molecule has 1 aliphatic rings. The van der Waals surface area contributed by atoms with Crippen molar-refractivity contribution < 1.29 is 0 Å². The fourth-order valence-electron chi connectivity index (χ4n) is 1.34. The number of hydrogen-bond donors (Lipinski definition) is 2. The van der Waals surface area contributed by atoms with E-state index < -0.39 is 0 Å². The summed E-state index contributed by atoms with van der Waals surface area (Å²) >= 11 is 5.88. The zero-order chi connectivity index (χ0) is 10.1. The van der Waals surface area contributed by atoms with Gasteiger partial charge in [0, 0.05) is 12.1 Å². The standard InChI is InChI=1S/C10H10ClN3/c11-7-2-1-3-9(6(7)5-12)14-10-4-8(10)13/h1-3,8,10,14H,4,13H2. The number of hydrogen-bond acceptors (Lipinski definition) is 3. The number of nitrogens with two attached hydrogens (primary N) is 1. The minimum absolute atomic E-state index is 0.209. The average Bonchev–Trinajstić information content (AvgIpc) is 2.82. The van der Waals surface area contributed by atoms with Crippen molar-refractivity contribution in [2.45, 2.75) is 18.5 Å². The van der Waals surface area contributed by atoms with Crippen molar-refractivity contribution in [1.29, 1.82) is 5.26 Å². The zero-order valence-electron chi connectivity index (χ0n) is 7.50. The van der Waals surface area contributed by atoms with Crippen LogP contribution in [0.4, 0.5) is 5.69 Å². The van der Waals surface area contributed by atoms with Gasteiger partial charge in [0.2, 0.25) is 0 Å². The molecule has 1 fully saturated rings. The Hall–Kier alpha value is -1.24. The van der Waals surface area contributed by atoms with Gasteiger partial charge in [-0.25, -0.2) is 0 Å². The molecule has 1 aliphatic carbocycles. The van der Waals surface area contributed by atoms with Gasteiger partial charge in [-0.05, 0) is 18.6 Å². The molecule has 2 rings (SSSR count). The predicted molar refractivity (Wildman–Crippen MR) is 56.2 cm³/mol. The third-order valence-corrected chi connectivity index (χ3v) is 2.62. The summed E-state index contributed by atoms with van der Waals surface area (Å²) in [6.45, 7) is 0. The van der Waals surface area contributed by atoms with E-state index in [-0.39, 0.29) is 6.04 Å². The Kier molecular flexibility index (Phi) is 2.32. The minimum atomic E-state index is 0.209. The van der Waals surface area contributed by atoms with Crippen LogP contribution in [0.2, 0.25) is 5.02 Å². The molecule has 0 heterocycles. The van der Waals surface area contributed by atoms with Crippen molar-refractivity contribution >= 4 is 17.3 Å². The van der Waals surface area contributed by atoms with Gasteiger partial charge in [-0.1, -0.05) is 17.7 Å². The molecule has 3 nitrogen and oxygen atoms in total. The van der Waals surface area contributed by atoms with E-state index in [1.807, 2.05) is 12.1 Å². The topological polar surface area (TPSA) is 61.8 Å².